The highest BCUT2D eigenvalue weighted by Gasteiger charge is 2.31. The minimum absolute atomic E-state index is 0.0178. The van der Waals surface area contributed by atoms with E-state index in [4.69, 9.17) is 22.9 Å². The lowest BCUT2D eigenvalue weighted by Gasteiger charge is -2.25. The molecule has 218 valence electrons. The maximum absolute atomic E-state index is 13.4. The lowest BCUT2D eigenvalue weighted by Crippen LogP contribution is -2.57. The van der Waals surface area contributed by atoms with Gasteiger partial charge in [0, 0.05) is 6.42 Å². The van der Waals surface area contributed by atoms with E-state index in [2.05, 4.69) is 16.0 Å². The Morgan fingerprint density at radius 2 is 1.26 bits per heavy atom. The summed E-state index contributed by atoms with van der Waals surface area (Å²) in [6, 6.07) is 1.22. The first kappa shape index (κ1) is 33.3. The fourth-order valence-electron chi connectivity index (χ4n) is 3.70. The average Bonchev–Trinajstić information content (AvgIpc) is 2.88. The van der Waals surface area contributed by atoms with Crippen molar-refractivity contribution in [3.8, 4) is 5.75 Å². The van der Waals surface area contributed by atoms with Crippen LogP contribution in [0.4, 0.5) is 0 Å². The van der Waals surface area contributed by atoms with Crippen LogP contribution < -0.4 is 38.9 Å². The van der Waals surface area contributed by atoms with Gasteiger partial charge in [-0.15, -0.1) is 0 Å². The SMILES string of the molecule is NCCCCC(N)C(=O)NC(Cc1ccc(O)cc1)C(=O)NC(CCCCN)C(=O)NC(CC(N)=O)C(=O)O. The maximum atomic E-state index is 13.4. The van der Waals surface area contributed by atoms with Crippen LogP contribution in [-0.4, -0.2) is 77.1 Å². The first-order chi connectivity index (χ1) is 18.5. The number of carboxylic acid groups (broad SMARTS) is 1. The fourth-order valence-corrected chi connectivity index (χ4v) is 3.70. The Morgan fingerprint density at radius 1 is 0.744 bits per heavy atom. The largest absolute Gasteiger partial charge is 0.508 e. The third-order valence-corrected chi connectivity index (χ3v) is 5.91. The number of primary amides is 1. The molecule has 0 aliphatic heterocycles. The number of phenolic OH excluding ortho intramolecular Hbond substituents is 1. The zero-order valence-corrected chi connectivity index (χ0v) is 21.9. The smallest absolute Gasteiger partial charge is 0.326 e. The van der Waals surface area contributed by atoms with E-state index in [1.807, 2.05) is 0 Å². The van der Waals surface area contributed by atoms with Crippen LogP contribution in [0.25, 0.3) is 0 Å². The van der Waals surface area contributed by atoms with Gasteiger partial charge < -0.3 is 49.1 Å². The summed E-state index contributed by atoms with van der Waals surface area (Å²) in [6.45, 7) is 0.791. The number of hydrogen-bond acceptors (Lipinski definition) is 9. The summed E-state index contributed by atoms with van der Waals surface area (Å²) < 4.78 is 0. The molecule has 0 aromatic heterocycles. The number of phenols is 1. The molecule has 0 aliphatic rings. The van der Waals surface area contributed by atoms with Crippen LogP contribution in [0.3, 0.4) is 0 Å². The molecule has 14 heteroatoms. The fraction of sp³-hybridized carbons (Fsp3) is 0.560. The third kappa shape index (κ3) is 13.0. The minimum atomic E-state index is -1.58. The van der Waals surface area contributed by atoms with Gasteiger partial charge in [0.15, 0.2) is 0 Å². The molecular formula is C25H41N7O7. The van der Waals surface area contributed by atoms with E-state index >= 15 is 0 Å². The van der Waals surface area contributed by atoms with Crippen molar-refractivity contribution < 1.29 is 34.2 Å². The number of nitrogens with one attached hydrogen (secondary N) is 3. The summed E-state index contributed by atoms with van der Waals surface area (Å²) in [5.41, 5.74) is 22.7. The van der Waals surface area contributed by atoms with Gasteiger partial charge in [0.25, 0.3) is 0 Å². The molecule has 1 rings (SSSR count). The van der Waals surface area contributed by atoms with E-state index in [0.29, 0.717) is 50.8 Å². The molecule has 13 N–H and O–H groups in total. The molecule has 0 fully saturated rings. The van der Waals surface area contributed by atoms with E-state index < -0.39 is 60.2 Å². The Bertz CT molecular complexity index is 959. The molecule has 0 bridgehead atoms. The van der Waals surface area contributed by atoms with Crippen LogP contribution in [0.2, 0.25) is 0 Å². The van der Waals surface area contributed by atoms with Gasteiger partial charge in [0.2, 0.25) is 23.6 Å². The monoisotopic (exact) mass is 551 g/mol. The molecule has 1 aromatic carbocycles. The number of amides is 4. The summed E-state index contributed by atoms with van der Waals surface area (Å²) in [4.78, 5) is 61.8. The number of carbonyl (C=O) groups is 5. The van der Waals surface area contributed by atoms with E-state index in [0.717, 1.165) is 0 Å². The topological polar surface area (TPSA) is 266 Å². The van der Waals surface area contributed by atoms with Crippen molar-refractivity contribution in [3.63, 3.8) is 0 Å². The standard InChI is InChI=1S/C25H41N7O7/c26-11-3-1-5-17(28)22(35)31-19(13-15-7-9-16(33)10-8-15)24(37)30-18(6-2-4-12-27)23(36)32-20(25(38)39)14-21(29)34/h7-10,17-20,33H,1-6,11-14,26-28H2,(H2,29,34)(H,30,37)(H,31,35)(H,32,36)(H,38,39). The molecule has 0 saturated carbocycles. The minimum Gasteiger partial charge on any atom is -0.508 e. The van der Waals surface area contributed by atoms with E-state index in [9.17, 15) is 34.2 Å². The van der Waals surface area contributed by atoms with Crippen molar-refractivity contribution in [2.45, 2.75) is 75.5 Å². The normalized spacial score (nSPS) is 13.9. The van der Waals surface area contributed by atoms with E-state index in [1.54, 1.807) is 12.1 Å². The van der Waals surface area contributed by atoms with E-state index in [1.165, 1.54) is 12.1 Å². The number of rotatable bonds is 19. The molecule has 0 saturated heterocycles. The maximum Gasteiger partial charge on any atom is 0.326 e. The Labute approximate surface area is 227 Å². The molecule has 14 nitrogen and oxygen atoms in total. The molecule has 0 aliphatic carbocycles. The summed E-state index contributed by atoms with van der Waals surface area (Å²) in [6.07, 6.45) is 2.14. The summed E-state index contributed by atoms with van der Waals surface area (Å²) in [5, 5.41) is 26.3. The number of carbonyl (C=O) groups excluding carboxylic acids is 4. The van der Waals surface area contributed by atoms with Gasteiger partial charge in [0.05, 0.1) is 12.5 Å². The van der Waals surface area contributed by atoms with Gasteiger partial charge in [-0.2, -0.15) is 0 Å². The predicted octanol–water partition coefficient (Wildman–Crippen LogP) is -2.07. The highest BCUT2D eigenvalue weighted by molar-refractivity contribution is 5.95. The molecule has 0 heterocycles. The Balaban J connectivity index is 3.11. The molecule has 1 aromatic rings. The summed E-state index contributed by atoms with van der Waals surface area (Å²) >= 11 is 0. The zero-order valence-electron chi connectivity index (χ0n) is 21.9. The van der Waals surface area contributed by atoms with Gasteiger partial charge in [-0.05, 0) is 62.9 Å². The van der Waals surface area contributed by atoms with Crippen LogP contribution >= 0.6 is 0 Å². The van der Waals surface area contributed by atoms with Crippen LogP contribution in [0.15, 0.2) is 24.3 Å². The van der Waals surface area contributed by atoms with Crippen LogP contribution in [0.5, 0.6) is 5.75 Å². The van der Waals surface area contributed by atoms with Gasteiger partial charge in [-0.3, -0.25) is 19.2 Å². The molecule has 4 amide bonds. The van der Waals surface area contributed by atoms with Crippen molar-refractivity contribution >= 4 is 29.6 Å². The number of carboxylic acids is 1. The molecule has 0 radical (unpaired) electrons. The molecule has 4 atom stereocenters. The number of hydrogen-bond donors (Lipinski definition) is 9. The van der Waals surface area contributed by atoms with E-state index in [-0.39, 0.29) is 18.6 Å². The summed E-state index contributed by atoms with van der Waals surface area (Å²) in [7, 11) is 0. The number of aromatic hydroxyl groups is 1. The second kappa shape index (κ2) is 17.7. The zero-order chi connectivity index (χ0) is 29.4. The highest BCUT2D eigenvalue weighted by atomic mass is 16.4. The van der Waals surface area contributed by atoms with Crippen LogP contribution in [0, 0.1) is 0 Å². The number of nitrogens with two attached hydrogens (primary N) is 4. The molecule has 0 spiro atoms. The lowest BCUT2D eigenvalue weighted by molar-refractivity contribution is -0.143. The average molecular weight is 552 g/mol. The molecular weight excluding hydrogens is 510 g/mol. The quantitative estimate of drug-likeness (QED) is 0.0848. The van der Waals surface area contributed by atoms with Gasteiger partial charge >= 0.3 is 5.97 Å². The second-order valence-electron chi connectivity index (χ2n) is 9.24. The highest BCUT2D eigenvalue weighted by Crippen LogP contribution is 2.12. The second-order valence-corrected chi connectivity index (χ2v) is 9.24. The first-order valence-corrected chi connectivity index (χ1v) is 12.8. The lowest BCUT2D eigenvalue weighted by atomic mass is 10.0. The van der Waals surface area contributed by atoms with Crippen molar-refractivity contribution in [2.75, 3.05) is 13.1 Å². The number of aliphatic carboxylic acids is 1. The Morgan fingerprint density at radius 3 is 1.79 bits per heavy atom. The van der Waals surface area contributed by atoms with Crippen LogP contribution in [0.1, 0.15) is 50.5 Å². The predicted molar refractivity (Wildman–Crippen MR) is 143 cm³/mol. The van der Waals surface area contributed by atoms with Crippen molar-refractivity contribution in [2.24, 2.45) is 22.9 Å². The van der Waals surface area contributed by atoms with Crippen LogP contribution in [-0.2, 0) is 30.4 Å². The van der Waals surface area contributed by atoms with Gasteiger partial charge in [0.1, 0.15) is 23.9 Å². The summed E-state index contributed by atoms with van der Waals surface area (Å²) in [5.74, 6) is -4.47. The van der Waals surface area contributed by atoms with Crippen molar-refractivity contribution in [3.05, 3.63) is 29.8 Å². The first-order valence-electron chi connectivity index (χ1n) is 12.8. The molecule has 4 unspecified atom stereocenters. The van der Waals surface area contributed by atoms with Gasteiger partial charge in [-0.25, -0.2) is 4.79 Å². The Hall–Kier alpha value is -3.75. The third-order valence-electron chi connectivity index (χ3n) is 5.91. The molecule has 39 heavy (non-hydrogen) atoms. The van der Waals surface area contributed by atoms with Gasteiger partial charge in [-0.1, -0.05) is 18.6 Å². The van der Waals surface area contributed by atoms with Crippen molar-refractivity contribution in [1.82, 2.24) is 16.0 Å². The number of unbranched alkanes of at least 4 members (excludes halogenated alkanes) is 2. The number of benzene rings is 1. The van der Waals surface area contributed by atoms with Crippen molar-refractivity contribution in [1.29, 1.82) is 0 Å². The Kier molecular flexibility index (Phi) is 15.1.